The van der Waals surface area contributed by atoms with Crippen LogP contribution in [-0.4, -0.2) is 4.98 Å². The number of allylic oxidation sites excluding steroid dienone is 5. The molecule has 0 fully saturated rings. The first-order valence-electron chi connectivity index (χ1n) is 5.05. The molecule has 1 heterocycles. The smallest absolute Gasteiger partial charge is 0.125 e. The van der Waals surface area contributed by atoms with Crippen molar-refractivity contribution in [2.45, 2.75) is 6.92 Å². The topological polar surface area (TPSA) is 12.9 Å². The van der Waals surface area contributed by atoms with Crippen molar-refractivity contribution in [3.05, 3.63) is 65.2 Å². The van der Waals surface area contributed by atoms with Crippen LogP contribution < -0.4 is 0 Å². The van der Waals surface area contributed by atoms with E-state index in [2.05, 4.69) is 24.7 Å². The van der Waals surface area contributed by atoms with Gasteiger partial charge in [-0.3, -0.25) is 4.98 Å². The minimum atomic E-state index is -0.650. The van der Waals surface area contributed by atoms with Gasteiger partial charge in [-0.2, -0.15) is 0 Å². The zero-order chi connectivity index (χ0) is 13.9. The summed E-state index contributed by atoms with van der Waals surface area (Å²) in [6.45, 7) is 12.3. The molecule has 0 aliphatic rings. The molecule has 0 aliphatic carbocycles. The lowest BCUT2D eigenvalue weighted by atomic mass is 10.1. The molecule has 4 heteroatoms. The van der Waals surface area contributed by atoms with Gasteiger partial charge in [0.15, 0.2) is 0 Å². The van der Waals surface area contributed by atoms with Crippen molar-refractivity contribution < 1.29 is 4.39 Å². The van der Waals surface area contributed by atoms with Gasteiger partial charge in [-0.05, 0) is 24.6 Å². The van der Waals surface area contributed by atoms with Crippen molar-refractivity contribution >= 4 is 34.3 Å². The zero-order valence-electron chi connectivity index (χ0n) is 9.93. The van der Waals surface area contributed by atoms with E-state index in [1.54, 1.807) is 6.07 Å². The maximum atomic E-state index is 13.3. The van der Waals surface area contributed by atoms with E-state index in [1.165, 1.54) is 12.3 Å². The van der Waals surface area contributed by atoms with Gasteiger partial charge in [-0.1, -0.05) is 42.9 Å². The number of hydrogen-bond donors (Lipinski definition) is 0. The number of aromatic nitrogens is 1. The number of halogens is 3. The van der Waals surface area contributed by atoms with Crippen LogP contribution in [0, 0.1) is 0 Å². The Hall–Kier alpha value is -1.38. The second-order valence-corrected chi connectivity index (χ2v) is 4.63. The van der Waals surface area contributed by atoms with Crippen LogP contribution in [0.25, 0.3) is 11.1 Å². The third kappa shape index (κ3) is 3.56. The van der Waals surface area contributed by atoms with Gasteiger partial charge < -0.3 is 0 Å². The highest BCUT2D eigenvalue weighted by Crippen LogP contribution is 2.29. The van der Waals surface area contributed by atoms with Gasteiger partial charge in [0.2, 0.25) is 0 Å². The van der Waals surface area contributed by atoms with E-state index in [0.29, 0.717) is 16.3 Å². The molecule has 0 aliphatic heterocycles. The van der Waals surface area contributed by atoms with E-state index in [0.717, 1.165) is 5.57 Å². The van der Waals surface area contributed by atoms with Crippen LogP contribution in [0.1, 0.15) is 18.2 Å². The van der Waals surface area contributed by atoms with Gasteiger partial charge in [-0.25, -0.2) is 4.39 Å². The van der Waals surface area contributed by atoms with Crippen LogP contribution >= 0.6 is 23.2 Å². The summed E-state index contributed by atoms with van der Waals surface area (Å²) in [5.74, 6) is -0.650. The molecule has 0 spiro atoms. The fraction of sp³-hybridized carbons (Fsp3) is 0.0714. The summed E-state index contributed by atoms with van der Waals surface area (Å²) in [6.07, 6.45) is 2.89. The molecule has 1 aromatic rings. The number of pyridine rings is 1. The fourth-order valence-corrected chi connectivity index (χ4v) is 1.76. The second kappa shape index (κ2) is 5.98. The molecule has 0 saturated heterocycles. The Morgan fingerprint density at radius 2 is 2.00 bits per heavy atom. The van der Waals surface area contributed by atoms with E-state index in [9.17, 15) is 4.39 Å². The second-order valence-electron chi connectivity index (χ2n) is 3.74. The SMILES string of the molecule is C=C(Cl)/C=C(\C(=C)F)c1cc(Cl)c(C(=C)C)cn1. The van der Waals surface area contributed by atoms with Gasteiger partial charge >= 0.3 is 0 Å². The molecular formula is C14H12Cl2FN. The summed E-state index contributed by atoms with van der Waals surface area (Å²) in [5, 5.41) is 0.630. The molecule has 1 nitrogen and oxygen atoms in total. The average Bonchev–Trinajstić information content (AvgIpc) is 2.24. The minimum Gasteiger partial charge on any atom is -0.255 e. The van der Waals surface area contributed by atoms with Crippen LogP contribution in [0.2, 0.25) is 5.02 Å². The summed E-state index contributed by atoms with van der Waals surface area (Å²) >= 11 is 11.7. The monoisotopic (exact) mass is 283 g/mol. The quantitative estimate of drug-likeness (QED) is 0.676. The van der Waals surface area contributed by atoms with Crippen LogP contribution in [0.5, 0.6) is 0 Å². The van der Waals surface area contributed by atoms with Gasteiger partial charge in [0.1, 0.15) is 5.83 Å². The first kappa shape index (κ1) is 14.7. The highest BCUT2D eigenvalue weighted by molar-refractivity contribution is 6.32. The molecule has 0 N–H and O–H groups in total. The minimum absolute atomic E-state index is 0.158. The van der Waals surface area contributed by atoms with E-state index >= 15 is 0 Å². The van der Waals surface area contributed by atoms with Crippen molar-refractivity contribution in [3.8, 4) is 0 Å². The molecule has 0 amide bonds. The Morgan fingerprint density at radius 1 is 1.39 bits per heavy atom. The largest absolute Gasteiger partial charge is 0.255 e. The summed E-state index contributed by atoms with van der Waals surface area (Å²) in [4.78, 5) is 4.12. The fourth-order valence-electron chi connectivity index (χ4n) is 1.34. The van der Waals surface area contributed by atoms with Crippen molar-refractivity contribution in [1.29, 1.82) is 0 Å². The molecule has 18 heavy (non-hydrogen) atoms. The summed E-state index contributed by atoms with van der Waals surface area (Å²) < 4.78 is 13.3. The van der Waals surface area contributed by atoms with Gasteiger partial charge in [0, 0.05) is 22.4 Å². The Balaban J connectivity index is 3.32. The lowest BCUT2D eigenvalue weighted by molar-refractivity contribution is 0.677. The highest BCUT2D eigenvalue weighted by atomic mass is 35.5. The Labute approximate surface area is 116 Å². The summed E-state index contributed by atoms with van der Waals surface area (Å²) in [5.41, 5.74) is 2.00. The molecular weight excluding hydrogens is 272 g/mol. The van der Waals surface area contributed by atoms with E-state index in [1.807, 2.05) is 6.92 Å². The maximum Gasteiger partial charge on any atom is 0.125 e. The number of rotatable bonds is 4. The predicted molar refractivity (Wildman–Crippen MR) is 77.2 cm³/mol. The zero-order valence-corrected chi connectivity index (χ0v) is 11.4. The standard InChI is InChI=1S/C14H12Cl2FN/c1-8(2)12-7-18-14(6-13(12)16)11(10(4)17)5-9(3)15/h5-7H,1,3-4H2,2H3/b11-5+. The Bertz CT molecular complexity index is 559. The van der Waals surface area contributed by atoms with Crippen molar-refractivity contribution in [2.24, 2.45) is 0 Å². The van der Waals surface area contributed by atoms with Crippen LogP contribution in [0.3, 0.4) is 0 Å². The van der Waals surface area contributed by atoms with Crippen LogP contribution in [0.15, 0.2) is 48.9 Å². The van der Waals surface area contributed by atoms with Gasteiger partial charge in [0.05, 0.1) is 10.7 Å². The molecule has 0 saturated carbocycles. The molecule has 0 radical (unpaired) electrons. The summed E-state index contributed by atoms with van der Waals surface area (Å²) in [7, 11) is 0. The van der Waals surface area contributed by atoms with E-state index < -0.39 is 5.83 Å². The number of nitrogens with zero attached hydrogens (tertiary/aromatic N) is 1. The molecule has 0 unspecified atom stereocenters. The molecule has 1 aromatic heterocycles. The van der Waals surface area contributed by atoms with Crippen molar-refractivity contribution in [3.63, 3.8) is 0 Å². The summed E-state index contributed by atoms with van der Waals surface area (Å²) in [6, 6.07) is 1.54. The van der Waals surface area contributed by atoms with E-state index in [4.69, 9.17) is 23.2 Å². The normalized spacial score (nSPS) is 11.2. The van der Waals surface area contributed by atoms with Crippen molar-refractivity contribution in [1.82, 2.24) is 4.98 Å². The maximum absolute atomic E-state index is 13.3. The molecule has 0 bridgehead atoms. The molecule has 94 valence electrons. The Morgan fingerprint density at radius 3 is 2.39 bits per heavy atom. The van der Waals surface area contributed by atoms with Crippen molar-refractivity contribution in [2.75, 3.05) is 0 Å². The highest BCUT2D eigenvalue weighted by Gasteiger charge is 2.11. The third-order valence-corrected chi connectivity index (χ3v) is 2.60. The lowest BCUT2D eigenvalue weighted by Crippen LogP contribution is -1.93. The molecule has 0 atom stereocenters. The van der Waals surface area contributed by atoms with Crippen LogP contribution in [0.4, 0.5) is 4.39 Å². The van der Waals surface area contributed by atoms with E-state index in [-0.39, 0.29) is 10.6 Å². The first-order chi connectivity index (χ1) is 8.32. The predicted octanol–water partition coefficient (Wildman–Crippen LogP) is 5.39. The number of hydrogen-bond acceptors (Lipinski definition) is 1. The Kier molecular flexibility index (Phi) is 4.88. The third-order valence-electron chi connectivity index (χ3n) is 2.18. The lowest BCUT2D eigenvalue weighted by Gasteiger charge is -2.08. The molecule has 1 rings (SSSR count). The van der Waals surface area contributed by atoms with Gasteiger partial charge in [-0.15, -0.1) is 0 Å². The van der Waals surface area contributed by atoms with Gasteiger partial charge in [0.25, 0.3) is 0 Å². The molecule has 0 aromatic carbocycles. The van der Waals surface area contributed by atoms with Crippen LogP contribution in [-0.2, 0) is 0 Å². The average molecular weight is 284 g/mol. The first-order valence-corrected chi connectivity index (χ1v) is 5.81.